The van der Waals surface area contributed by atoms with Gasteiger partial charge < -0.3 is 9.88 Å². The fourth-order valence-electron chi connectivity index (χ4n) is 3.36. The number of nitrogens with one attached hydrogen (secondary N) is 1. The number of aromatic nitrogens is 1. The number of benzene rings is 2. The predicted octanol–water partition coefficient (Wildman–Crippen LogP) is 5.26. The van der Waals surface area contributed by atoms with Gasteiger partial charge in [-0.05, 0) is 69.2 Å². The van der Waals surface area contributed by atoms with Crippen LogP contribution in [0.25, 0.3) is 11.8 Å². The van der Waals surface area contributed by atoms with Gasteiger partial charge in [0.05, 0.1) is 0 Å². The maximum atomic E-state index is 12.6. The Morgan fingerprint density at radius 1 is 1.04 bits per heavy atom. The molecule has 0 unspecified atom stereocenters. The summed E-state index contributed by atoms with van der Waals surface area (Å²) in [5.74, 6) is -0.404. The van der Waals surface area contributed by atoms with Crippen molar-refractivity contribution in [1.29, 1.82) is 5.26 Å². The molecule has 0 aliphatic heterocycles. The molecule has 1 amide bonds. The highest BCUT2D eigenvalue weighted by atomic mass is 16.1. The van der Waals surface area contributed by atoms with E-state index in [4.69, 9.17) is 0 Å². The zero-order valence-electron chi connectivity index (χ0n) is 16.6. The van der Waals surface area contributed by atoms with Crippen molar-refractivity contribution >= 4 is 17.7 Å². The largest absolute Gasteiger partial charge is 0.321 e. The normalized spacial score (nSPS) is 11.2. The lowest BCUT2D eigenvalue weighted by atomic mass is 10.1. The Hall–Kier alpha value is -3.58. The van der Waals surface area contributed by atoms with Crippen LogP contribution in [-0.4, -0.2) is 10.5 Å². The Labute approximate surface area is 165 Å². The lowest BCUT2D eigenvalue weighted by Gasteiger charge is -2.10. The fourth-order valence-corrected chi connectivity index (χ4v) is 3.36. The minimum Gasteiger partial charge on any atom is -0.321 e. The molecule has 0 bridgehead atoms. The summed E-state index contributed by atoms with van der Waals surface area (Å²) in [6, 6.07) is 19.8. The zero-order valence-corrected chi connectivity index (χ0v) is 16.6. The lowest BCUT2D eigenvalue weighted by molar-refractivity contribution is -0.112. The maximum absolute atomic E-state index is 12.6. The summed E-state index contributed by atoms with van der Waals surface area (Å²) in [4.78, 5) is 12.6. The summed E-state index contributed by atoms with van der Waals surface area (Å²) in [6.07, 6.45) is 1.65. The summed E-state index contributed by atoms with van der Waals surface area (Å²) >= 11 is 0. The molecule has 0 fully saturated rings. The number of rotatable bonds is 4. The Bertz CT molecular complexity index is 1100. The number of amides is 1. The van der Waals surface area contributed by atoms with E-state index in [1.165, 1.54) is 0 Å². The number of carbonyl (C=O) groups excluding carboxylic acids is 1. The van der Waals surface area contributed by atoms with Crippen LogP contribution in [0.15, 0.2) is 60.2 Å². The van der Waals surface area contributed by atoms with Crippen molar-refractivity contribution in [2.45, 2.75) is 27.7 Å². The van der Waals surface area contributed by atoms with Crippen LogP contribution in [0, 0.1) is 39.0 Å². The van der Waals surface area contributed by atoms with Gasteiger partial charge in [-0.3, -0.25) is 4.79 Å². The number of anilines is 1. The molecule has 2 aromatic carbocycles. The predicted molar refractivity (Wildman–Crippen MR) is 113 cm³/mol. The van der Waals surface area contributed by atoms with Crippen LogP contribution in [0.2, 0.25) is 0 Å². The molecule has 140 valence electrons. The summed E-state index contributed by atoms with van der Waals surface area (Å²) < 4.78 is 2.11. The SMILES string of the molecule is Cc1ccc(NC(=O)/C(C#N)=C\c2cc(C)n(-c3ccccc3)c2C)c(C)c1. The second kappa shape index (κ2) is 7.98. The molecule has 1 N–H and O–H groups in total. The molecule has 3 aromatic rings. The molecule has 4 heteroatoms. The van der Waals surface area contributed by atoms with Crippen LogP contribution in [0.4, 0.5) is 5.69 Å². The summed E-state index contributed by atoms with van der Waals surface area (Å²) in [5, 5.41) is 12.4. The van der Waals surface area contributed by atoms with Crippen LogP contribution in [0.3, 0.4) is 0 Å². The molecular formula is C24H23N3O. The standard InChI is InChI=1S/C24H23N3O/c1-16-10-11-23(17(2)12-16)26-24(28)21(15-25)14-20-13-18(3)27(19(20)4)22-8-6-5-7-9-22/h5-14H,1-4H3,(H,26,28)/b21-14-. The van der Waals surface area contributed by atoms with Gasteiger partial charge in [0.2, 0.25) is 0 Å². The molecule has 0 saturated carbocycles. The van der Waals surface area contributed by atoms with Crippen molar-refractivity contribution in [3.63, 3.8) is 0 Å². The van der Waals surface area contributed by atoms with E-state index in [0.717, 1.165) is 33.8 Å². The second-order valence-corrected chi connectivity index (χ2v) is 6.94. The third-order valence-electron chi connectivity index (χ3n) is 4.78. The van der Waals surface area contributed by atoms with Crippen molar-refractivity contribution in [1.82, 2.24) is 4.57 Å². The first-order valence-corrected chi connectivity index (χ1v) is 9.15. The minimum absolute atomic E-state index is 0.0771. The van der Waals surface area contributed by atoms with Crippen molar-refractivity contribution in [3.05, 3.63) is 88.2 Å². The first kappa shape index (κ1) is 19.2. The van der Waals surface area contributed by atoms with Gasteiger partial charge in [-0.25, -0.2) is 0 Å². The van der Waals surface area contributed by atoms with Crippen molar-refractivity contribution < 1.29 is 4.79 Å². The average molecular weight is 369 g/mol. The molecule has 4 nitrogen and oxygen atoms in total. The molecular weight excluding hydrogens is 346 g/mol. The minimum atomic E-state index is -0.404. The van der Waals surface area contributed by atoms with Crippen LogP contribution in [0.5, 0.6) is 0 Å². The van der Waals surface area contributed by atoms with E-state index in [2.05, 4.69) is 9.88 Å². The molecule has 1 aromatic heterocycles. The van der Waals surface area contributed by atoms with Gasteiger partial charge in [0.25, 0.3) is 5.91 Å². The Balaban J connectivity index is 1.93. The van der Waals surface area contributed by atoms with Crippen LogP contribution in [0.1, 0.15) is 28.1 Å². The van der Waals surface area contributed by atoms with Gasteiger partial charge in [-0.15, -0.1) is 0 Å². The Morgan fingerprint density at radius 2 is 1.75 bits per heavy atom. The Morgan fingerprint density at radius 3 is 2.39 bits per heavy atom. The van der Waals surface area contributed by atoms with Gasteiger partial charge in [0.15, 0.2) is 0 Å². The topological polar surface area (TPSA) is 57.8 Å². The van der Waals surface area contributed by atoms with E-state index in [1.807, 2.05) is 88.4 Å². The number of nitriles is 1. The highest BCUT2D eigenvalue weighted by Gasteiger charge is 2.14. The van der Waals surface area contributed by atoms with E-state index in [9.17, 15) is 10.1 Å². The van der Waals surface area contributed by atoms with Crippen molar-refractivity contribution in [2.75, 3.05) is 5.32 Å². The third kappa shape index (κ3) is 3.89. The summed E-state index contributed by atoms with van der Waals surface area (Å²) in [6.45, 7) is 7.94. The van der Waals surface area contributed by atoms with Crippen LogP contribution >= 0.6 is 0 Å². The lowest BCUT2D eigenvalue weighted by Crippen LogP contribution is -2.14. The van der Waals surface area contributed by atoms with Gasteiger partial charge in [0, 0.05) is 22.8 Å². The van der Waals surface area contributed by atoms with E-state index in [0.29, 0.717) is 5.69 Å². The molecule has 0 atom stereocenters. The van der Waals surface area contributed by atoms with E-state index in [-0.39, 0.29) is 5.57 Å². The van der Waals surface area contributed by atoms with E-state index >= 15 is 0 Å². The smallest absolute Gasteiger partial charge is 0.266 e. The number of aryl methyl sites for hydroxylation is 3. The third-order valence-corrected chi connectivity index (χ3v) is 4.78. The van der Waals surface area contributed by atoms with Gasteiger partial charge in [-0.2, -0.15) is 5.26 Å². The second-order valence-electron chi connectivity index (χ2n) is 6.94. The monoisotopic (exact) mass is 369 g/mol. The highest BCUT2D eigenvalue weighted by molar-refractivity contribution is 6.10. The number of nitrogens with zero attached hydrogens (tertiary/aromatic N) is 2. The van der Waals surface area contributed by atoms with Crippen molar-refractivity contribution in [3.8, 4) is 11.8 Å². The molecule has 28 heavy (non-hydrogen) atoms. The van der Waals surface area contributed by atoms with Crippen LogP contribution in [-0.2, 0) is 4.79 Å². The molecule has 0 aliphatic carbocycles. The number of hydrogen-bond acceptors (Lipinski definition) is 2. The Kier molecular flexibility index (Phi) is 5.47. The molecule has 0 spiro atoms. The highest BCUT2D eigenvalue weighted by Crippen LogP contribution is 2.23. The maximum Gasteiger partial charge on any atom is 0.266 e. The first-order valence-electron chi connectivity index (χ1n) is 9.15. The fraction of sp³-hybridized carbons (Fsp3) is 0.167. The van der Waals surface area contributed by atoms with Gasteiger partial charge in [0.1, 0.15) is 11.6 Å². The van der Waals surface area contributed by atoms with Gasteiger partial charge in [-0.1, -0.05) is 35.9 Å². The number of para-hydroxylation sites is 1. The first-order chi connectivity index (χ1) is 13.4. The van der Waals surface area contributed by atoms with E-state index in [1.54, 1.807) is 6.08 Å². The molecule has 1 heterocycles. The average Bonchev–Trinajstić information content (AvgIpc) is 2.95. The summed E-state index contributed by atoms with van der Waals surface area (Å²) in [7, 11) is 0. The summed E-state index contributed by atoms with van der Waals surface area (Å²) in [5.41, 5.74) is 6.81. The van der Waals surface area contributed by atoms with Crippen LogP contribution < -0.4 is 5.32 Å². The molecule has 0 aliphatic rings. The van der Waals surface area contributed by atoms with Crippen molar-refractivity contribution in [2.24, 2.45) is 0 Å². The number of hydrogen-bond donors (Lipinski definition) is 1. The molecule has 3 rings (SSSR count). The zero-order chi connectivity index (χ0) is 20.3. The molecule has 0 radical (unpaired) electrons. The quantitative estimate of drug-likeness (QED) is 0.504. The van der Waals surface area contributed by atoms with E-state index < -0.39 is 5.91 Å². The molecule has 0 saturated heterocycles. The van der Waals surface area contributed by atoms with Gasteiger partial charge >= 0.3 is 0 Å². The number of carbonyl (C=O) groups is 1.